The van der Waals surface area contributed by atoms with Gasteiger partial charge in [0.2, 0.25) is 5.91 Å². The summed E-state index contributed by atoms with van der Waals surface area (Å²) < 4.78 is 1.06. The molecule has 1 unspecified atom stereocenters. The average molecular weight is 394 g/mol. The van der Waals surface area contributed by atoms with Crippen molar-refractivity contribution < 1.29 is 14.7 Å². The van der Waals surface area contributed by atoms with Gasteiger partial charge in [0, 0.05) is 23.0 Å². The number of carbonyl (C=O) groups is 2. The Morgan fingerprint density at radius 1 is 1.17 bits per heavy atom. The van der Waals surface area contributed by atoms with E-state index in [-0.39, 0.29) is 23.8 Å². The Labute approximate surface area is 151 Å². The SMILES string of the molecule is O=C(O)[C@@H]1CC[C@H](C(=O)N2CCCCC2Cc2cccc(Br)c2)C1. The smallest absolute Gasteiger partial charge is 0.306 e. The van der Waals surface area contributed by atoms with E-state index in [1.165, 1.54) is 5.56 Å². The Kier molecular flexibility index (Phi) is 5.59. The maximum absolute atomic E-state index is 13.0. The number of hydrogen-bond donors (Lipinski definition) is 1. The molecule has 1 N–H and O–H groups in total. The van der Waals surface area contributed by atoms with Gasteiger partial charge in [0.15, 0.2) is 0 Å². The summed E-state index contributed by atoms with van der Waals surface area (Å²) in [5.74, 6) is -1.02. The number of carbonyl (C=O) groups excluding carboxylic acids is 1. The van der Waals surface area contributed by atoms with E-state index in [0.29, 0.717) is 12.8 Å². The van der Waals surface area contributed by atoms with E-state index in [1.807, 2.05) is 17.0 Å². The van der Waals surface area contributed by atoms with Crippen molar-refractivity contribution in [1.29, 1.82) is 0 Å². The highest BCUT2D eigenvalue weighted by atomic mass is 79.9. The van der Waals surface area contributed by atoms with E-state index in [0.717, 1.165) is 43.1 Å². The third-order valence-electron chi connectivity index (χ3n) is 5.40. The van der Waals surface area contributed by atoms with Crippen LogP contribution in [0.15, 0.2) is 28.7 Å². The molecular weight excluding hydrogens is 370 g/mol. The van der Waals surface area contributed by atoms with Crippen LogP contribution in [0, 0.1) is 11.8 Å². The van der Waals surface area contributed by atoms with Crippen LogP contribution in [-0.4, -0.2) is 34.5 Å². The molecule has 1 aliphatic carbocycles. The van der Waals surface area contributed by atoms with Crippen molar-refractivity contribution in [3.63, 3.8) is 0 Å². The van der Waals surface area contributed by atoms with Crippen molar-refractivity contribution in [2.24, 2.45) is 11.8 Å². The Balaban J connectivity index is 1.68. The summed E-state index contributed by atoms with van der Waals surface area (Å²) in [6.07, 6.45) is 5.98. The Bertz CT molecular complexity index is 618. The van der Waals surface area contributed by atoms with E-state index < -0.39 is 5.97 Å². The number of aliphatic carboxylic acids is 1. The summed E-state index contributed by atoms with van der Waals surface area (Å²) in [4.78, 5) is 26.2. The van der Waals surface area contributed by atoms with E-state index in [2.05, 4.69) is 28.1 Å². The number of benzene rings is 1. The first-order valence-electron chi connectivity index (χ1n) is 8.82. The zero-order chi connectivity index (χ0) is 17.1. The molecule has 0 bridgehead atoms. The van der Waals surface area contributed by atoms with Crippen molar-refractivity contribution in [2.45, 2.75) is 51.0 Å². The molecule has 3 atom stereocenters. The summed E-state index contributed by atoms with van der Waals surface area (Å²) in [5.41, 5.74) is 1.24. The first-order chi connectivity index (χ1) is 11.5. The molecule has 1 aliphatic heterocycles. The lowest BCUT2D eigenvalue weighted by atomic mass is 9.93. The van der Waals surface area contributed by atoms with Gasteiger partial charge in [-0.2, -0.15) is 0 Å². The maximum atomic E-state index is 13.0. The Morgan fingerprint density at radius 2 is 1.96 bits per heavy atom. The maximum Gasteiger partial charge on any atom is 0.306 e. The summed E-state index contributed by atoms with van der Waals surface area (Å²) >= 11 is 3.51. The lowest BCUT2D eigenvalue weighted by Gasteiger charge is -2.37. The molecule has 1 aromatic carbocycles. The second-order valence-electron chi connectivity index (χ2n) is 7.06. The number of carboxylic acid groups (broad SMARTS) is 1. The monoisotopic (exact) mass is 393 g/mol. The third-order valence-corrected chi connectivity index (χ3v) is 5.89. The first kappa shape index (κ1) is 17.5. The van der Waals surface area contributed by atoms with E-state index in [1.54, 1.807) is 0 Å². The summed E-state index contributed by atoms with van der Waals surface area (Å²) in [7, 11) is 0. The van der Waals surface area contributed by atoms with Crippen LogP contribution in [0.25, 0.3) is 0 Å². The number of amides is 1. The number of carboxylic acids is 1. The minimum Gasteiger partial charge on any atom is -0.481 e. The van der Waals surface area contributed by atoms with Gasteiger partial charge in [0.25, 0.3) is 0 Å². The molecule has 1 heterocycles. The van der Waals surface area contributed by atoms with Gasteiger partial charge in [-0.05, 0) is 62.6 Å². The van der Waals surface area contributed by atoms with Gasteiger partial charge in [-0.1, -0.05) is 28.1 Å². The molecule has 0 spiro atoms. The summed E-state index contributed by atoms with van der Waals surface area (Å²) in [6.45, 7) is 0.811. The molecule has 1 saturated heterocycles. The number of likely N-dealkylation sites (tertiary alicyclic amines) is 1. The standard InChI is InChI=1S/C19H24BrNO3/c20-16-5-3-4-13(10-16)11-17-6-1-2-9-21(17)18(22)14-7-8-15(12-14)19(23)24/h3-5,10,14-15,17H,1-2,6-9,11-12H2,(H,23,24)/t14-,15+,17?/m0/s1. The normalized spacial score (nSPS) is 27.2. The number of rotatable bonds is 4. The van der Waals surface area contributed by atoms with Gasteiger partial charge >= 0.3 is 5.97 Å². The molecule has 1 saturated carbocycles. The Morgan fingerprint density at radius 3 is 2.67 bits per heavy atom. The van der Waals surface area contributed by atoms with Crippen LogP contribution in [0.1, 0.15) is 44.1 Å². The molecule has 3 rings (SSSR count). The van der Waals surface area contributed by atoms with E-state index >= 15 is 0 Å². The van der Waals surface area contributed by atoms with Crippen LogP contribution in [-0.2, 0) is 16.0 Å². The van der Waals surface area contributed by atoms with Crippen LogP contribution >= 0.6 is 15.9 Å². The predicted molar refractivity (Wildman–Crippen MR) is 95.7 cm³/mol. The van der Waals surface area contributed by atoms with Crippen LogP contribution in [0.2, 0.25) is 0 Å². The topological polar surface area (TPSA) is 57.6 Å². The minimum absolute atomic E-state index is 0.103. The van der Waals surface area contributed by atoms with E-state index in [9.17, 15) is 9.59 Å². The van der Waals surface area contributed by atoms with Crippen LogP contribution < -0.4 is 0 Å². The molecule has 4 nitrogen and oxygen atoms in total. The zero-order valence-electron chi connectivity index (χ0n) is 13.8. The molecule has 1 aromatic rings. The number of hydrogen-bond acceptors (Lipinski definition) is 2. The minimum atomic E-state index is -0.755. The molecule has 0 radical (unpaired) electrons. The van der Waals surface area contributed by atoms with Gasteiger partial charge in [-0.15, -0.1) is 0 Å². The third kappa shape index (κ3) is 4.00. The first-order valence-corrected chi connectivity index (χ1v) is 9.61. The number of nitrogens with zero attached hydrogens (tertiary/aromatic N) is 1. The van der Waals surface area contributed by atoms with Crippen molar-refractivity contribution in [2.75, 3.05) is 6.54 Å². The number of halogens is 1. The molecule has 2 fully saturated rings. The molecule has 0 aromatic heterocycles. The molecule has 24 heavy (non-hydrogen) atoms. The summed E-state index contributed by atoms with van der Waals surface area (Å²) in [5, 5.41) is 9.17. The Hall–Kier alpha value is -1.36. The van der Waals surface area contributed by atoms with Crippen molar-refractivity contribution in [3.05, 3.63) is 34.3 Å². The van der Waals surface area contributed by atoms with Crippen LogP contribution in [0.3, 0.4) is 0 Å². The highest BCUT2D eigenvalue weighted by molar-refractivity contribution is 9.10. The van der Waals surface area contributed by atoms with Gasteiger partial charge in [0.1, 0.15) is 0 Å². The highest BCUT2D eigenvalue weighted by Crippen LogP contribution is 2.34. The lowest BCUT2D eigenvalue weighted by Crippen LogP contribution is -2.47. The molecular formula is C19H24BrNO3. The molecule has 1 amide bonds. The van der Waals surface area contributed by atoms with Gasteiger partial charge in [0.05, 0.1) is 5.92 Å². The van der Waals surface area contributed by atoms with Gasteiger partial charge in [-0.25, -0.2) is 0 Å². The lowest BCUT2D eigenvalue weighted by molar-refractivity contribution is -0.142. The largest absolute Gasteiger partial charge is 0.481 e. The number of piperidine rings is 1. The zero-order valence-corrected chi connectivity index (χ0v) is 15.4. The second kappa shape index (κ2) is 7.68. The molecule has 2 aliphatic rings. The second-order valence-corrected chi connectivity index (χ2v) is 7.98. The van der Waals surface area contributed by atoms with Crippen LogP contribution in [0.5, 0.6) is 0 Å². The van der Waals surface area contributed by atoms with Crippen molar-refractivity contribution in [1.82, 2.24) is 4.90 Å². The van der Waals surface area contributed by atoms with Gasteiger partial charge < -0.3 is 10.0 Å². The predicted octanol–water partition coefficient (Wildman–Crippen LogP) is 3.87. The quantitative estimate of drug-likeness (QED) is 0.844. The average Bonchev–Trinajstić information content (AvgIpc) is 3.05. The summed E-state index contributed by atoms with van der Waals surface area (Å²) in [6, 6.07) is 8.51. The molecule has 130 valence electrons. The fourth-order valence-electron chi connectivity index (χ4n) is 4.10. The van der Waals surface area contributed by atoms with Gasteiger partial charge in [-0.3, -0.25) is 9.59 Å². The van der Waals surface area contributed by atoms with Crippen LogP contribution in [0.4, 0.5) is 0 Å². The molecule has 5 heteroatoms. The van der Waals surface area contributed by atoms with Crippen molar-refractivity contribution in [3.8, 4) is 0 Å². The fourth-order valence-corrected chi connectivity index (χ4v) is 4.55. The highest BCUT2D eigenvalue weighted by Gasteiger charge is 2.38. The van der Waals surface area contributed by atoms with Crippen molar-refractivity contribution >= 4 is 27.8 Å². The fraction of sp³-hybridized carbons (Fsp3) is 0.579. The van der Waals surface area contributed by atoms with E-state index in [4.69, 9.17) is 5.11 Å².